The van der Waals surface area contributed by atoms with Gasteiger partial charge in [0.15, 0.2) is 11.5 Å². The van der Waals surface area contributed by atoms with Crippen molar-refractivity contribution in [1.29, 1.82) is 0 Å². The smallest absolute Gasteiger partial charge is 0.174 e. The van der Waals surface area contributed by atoms with Gasteiger partial charge in [0.05, 0.1) is 0 Å². The molecule has 0 aliphatic rings. The summed E-state index contributed by atoms with van der Waals surface area (Å²) in [6.07, 6.45) is 8.14. The molecule has 0 bridgehead atoms. The van der Waals surface area contributed by atoms with Crippen LogP contribution in [0.3, 0.4) is 0 Å². The molecule has 0 atom stereocenters. The van der Waals surface area contributed by atoms with Gasteiger partial charge in [-0.25, -0.2) is 9.37 Å². The molecule has 3 rings (SSSR count). The van der Waals surface area contributed by atoms with Gasteiger partial charge in [-0.1, -0.05) is 23.7 Å². The summed E-state index contributed by atoms with van der Waals surface area (Å²) >= 11 is 5.95. The quantitative estimate of drug-likeness (QED) is 0.579. The van der Waals surface area contributed by atoms with E-state index in [1.165, 1.54) is 6.07 Å². The molecule has 5 heteroatoms. The van der Waals surface area contributed by atoms with Crippen molar-refractivity contribution in [2.24, 2.45) is 0 Å². The van der Waals surface area contributed by atoms with Crippen LogP contribution in [0.25, 0.3) is 16.9 Å². The predicted molar refractivity (Wildman–Crippen MR) is 97.8 cm³/mol. The largest absolute Gasteiger partial charge is 0.290 e. The fourth-order valence-electron chi connectivity index (χ4n) is 2.16. The topological polar surface area (TPSA) is 17.3 Å². The first-order valence-corrected chi connectivity index (χ1v) is 10.2. The monoisotopic (exact) mass is 346 g/mol. The lowest BCUT2D eigenvalue weighted by Gasteiger charge is -2.14. The Kier molecular flexibility index (Phi) is 4.09. The number of hydrogen-bond donors (Lipinski definition) is 0. The highest BCUT2D eigenvalue weighted by Gasteiger charge is 2.15. The Hall–Kier alpha value is -1.96. The normalized spacial score (nSPS) is 12.0. The van der Waals surface area contributed by atoms with Crippen LogP contribution in [0.2, 0.25) is 5.02 Å². The highest BCUT2D eigenvalue weighted by atomic mass is 35.5. The molecule has 2 heterocycles. The molecule has 0 saturated carbocycles. The third-order valence-electron chi connectivity index (χ3n) is 3.20. The minimum atomic E-state index is -1.00. The van der Waals surface area contributed by atoms with Gasteiger partial charge in [-0.2, -0.15) is 10.0 Å². The van der Waals surface area contributed by atoms with Crippen LogP contribution < -0.4 is 0 Å². The molecule has 0 amide bonds. The zero-order valence-electron chi connectivity index (χ0n) is 13.1. The number of nitrogens with zero attached hydrogens (tertiary/aromatic N) is 2. The van der Waals surface area contributed by atoms with Crippen LogP contribution >= 0.6 is 21.6 Å². The summed E-state index contributed by atoms with van der Waals surface area (Å²) in [7, 11) is -1.00. The number of halogens is 2. The van der Waals surface area contributed by atoms with E-state index < -0.39 is 10.0 Å². The number of fused-ring (bicyclic) bond motifs is 1. The maximum absolute atomic E-state index is 14.1. The Bertz CT molecular complexity index is 928. The van der Waals surface area contributed by atoms with Crippen LogP contribution in [0.5, 0.6) is 0 Å². The van der Waals surface area contributed by atoms with Gasteiger partial charge in [-0.3, -0.25) is 4.40 Å². The van der Waals surface area contributed by atoms with E-state index in [2.05, 4.69) is 34.9 Å². The lowest BCUT2D eigenvalue weighted by atomic mass is 10.1. The molecule has 2 aromatic heterocycles. The van der Waals surface area contributed by atoms with Crippen molar-refractivity contribution < 1.29 is 4.39 Å². The molecule has 0 fully saturated rings. The Balaban J connectivity index is 2.29. The Morgan fingerprint density at radius 2 is 1.83 bits per heavy atom. The molecule has 0 saturated heterocycles. The number of rotatable bonds is 1. The third-order valence-corrected chi connectivity index (χ3v) is 4.16. The van der Waals surface area contributed by atoms with Gasteiger partial charge in [0.2, 0.25) is 0 Å². The Labute approximate surface area is 141 Å². The van der Waals surface area contributed by atoms with E-state index in [9.17, 15) is 4.39 Å². The number of hydrogen-bond acceptors (Lipinski definition) is 1. The van der Waals surface area contributed by atoms with Gasteiger partial charge in [0.25, 0.3) is 0 Å². The highest BCUT2D eigenvalue weighted by Crippen LogP contribution is 2.33. The second-order valence-electron chi connectivity index (χ2n) is 5.93. The van der Waals surface area contributed by atoms with E-state index >= 15 is 0 Å². The molecule has 0 aliphatic heterocycles. The molecular formula is C18H16ClFN2S. The van der Waals surface area contributed by atoms with Crippen LogP contribution in [-0.4, -0.2) is 28.2 Å². The standard InChI is InChI=1S/C18H16ClFN2S/c1-23(2,3)12-10-16-17(13-6-8-14(19)9-7-13)21-18-15(20)5-4-11-22(16)18/h4-9,11H,1-3H3. The average Bonchev–Trinajstić information content (AvgIpc) is 2.85. The van der Waals surface area contributed by atoms with Crippen molar-refractivity contribution in [3.8, 4) is 22.4 Å². The number of pyridine rings is 1. The maximum atomic E-state index is 14.1. The van der Waals surface area contributed by atoms with E-state index in [-0.39, 0.29) is 11.5 Å². The maximum Gasteiger partial charge on any atom is 0.174 e. The Morgan fingerprint density at radius 1 is 1.13 bits per heavy atom. The molecule has 1 aromatic carbocycles. The van der Waals surface area contributed by atoms with E-state index in [0.29, 0.717) is 16.4 Å². The zero-order valence-corrected chi connectivity index (χ0v) is 14.7. The SMILES string of the molecule is CS(C)(C)C#Cc1c(-c2ccc(Cl)cc2)nc2c(F)cccn12. The zero-order chi connectivity index (χ0) is 16.6. The highest BCUT2D eigenvalue weighted by molar-refractivity contribution is 8.35. The molecule has 0 spiro atoms. The molecular weight excluding hydrogens is 331 g/mol. The van der Waals surface area contributed by atoms with Crippen molar-refractivity contribution in [1.82, 2.24) is 9.38 Å². The molecule has 0 radical (unpaired) electrons. The van der Waals surface area contributed by atoms with Crippen LogP contribution in [0.1, 0.15) is 5.69 Å². The van der Waals surface area contributed by atoms with Crippen molar-refractivity contribution in [3.63, 3.8) is 0 Å². The summed E-state index contributed by atoms with van der Waals surface area (Å²) in [6.45, 7) is 0. The molecule has 2 nitrogen and oxygen atoms in total. The molecule has 23 heavy (non-hydrogen) atoms. The molecule has 0 unspecified atom stereocenters. The Morgan fingerprint density at radius 3 is 2.48 bits per heavy atom. The fourth-order valence-corrected chi connectivity index (χ4v) is 2.69. The fraction of sp³-hybridized carbons (Fsp3) is 0.167. The summed E-state index contributed by atoms with van der Waals surface area (Å²) in [4.78, 5) is 4.46. The summed E-state index contributed by atoms with van der Waals surface area (Å²) in [5.74, 6) is 2.84. The van der Waals surface area contributed by atoms with E-state index in [4.69, 9.17) is 11.6 Å². The van der Waals surface area contributed by atoms with E-state index in [1.807, 2.05) is 12.1 Å². The minimum Gasteiger partial charge on any atom is -0.290 e. The van der Waals surface area contributed by atoms with Gasteiger partial charge in [-0.05, 0) is 54.2 Å². The van der Waals surface area contributed by atoms with Gasteiger partial charge in [-0.15, -0.1) is 0 Å². The molecule has 118 valence electrons. The van der Waals surface area contributed by atoms with Crippen molar-refractivity contribution >= 4 is 27.3 Å². The summed E-state index contributed by atoms with van der Waals surface area (Å²) in [5.41, 5.74) is 2.52. The number of imidazole rings is 1. The molecule has 3 aromatic rings. The van der Waals surface area contributed by atoms with Crippen LogP contribution in [0.4, 0.5) is 4.39 Å². The average molecular weight is 347 g/mol. The molecule has 0 N–H and O–H groups in total. The minimum absolute atomic E-state index is 0.283. The summed E-state index contributed by atoms with van der Waals surface area (Å²) in [5, 5.41) is 3.93. The lowest BCUT2D eigenvalue weighted by Crippen LogP contribution is -1.92. The number of benzene rings is 1. The van der Waals surface area contributed by atoms with Gasteiger partial charge < -0.3 is 0 Å². The predicted octanol–water partition coefficient (Wildman–Crippen LogP) is 4.80. The van der Waals surface area contributed by atoms with Gasteiger partial charge in [0, 0.05) is 16.8 Å². The van der Waals surface area contributed by atoms with E-state index in [1.54, 1.807) is 28.8 Å². The van der Waals surface area contributed by atoms with Crippen LogP contribution in [0, 0.1) is 17.0 Å². The summed E-state index contributed by atoms with van der Waals surface area (Å²) in [6, 6.07) is 10.4. The third kappa shape index (κ3) is 3.36. The number of aromatic nitrogens is 2. The van der Waals surface area contributed by atoms with Gasteiger partial charge >= 0.3 is 0 Å². The first kappa shape index (κ1) is 15.9. The van der Waals surface area contributed by atoms with Crippen molar-refractivity contribution in [2.75, 3.05) is 18.8 Å². The van der Waals surface area contributed by atoms with Crippen molar-refractivity contribution in [2.45, 2.75) is 0 Å². The van der Waals surface area contributed by atoms with E-state index in [0.717, 1.165) is 5.56 Å². The van der Waals surface area contributed by atoms with Crippen LogP contribution in [0.15, 0.2) is 42.6 Å². The molecule has 0 aliphatic carbocycles. The second kappa shape index (κ2) is 5.92. The first-order valence-electron chi connectivity index (χ1n) is 6.99. The van der Waals surface area contributed by atoms with Crippen LogP contribution in [-0.2, 0) is 0 Å². The van der Waals surface area contributed by atoms with Crippen molar-refractivity contribution in [3.05, 3.63) is 59.1 Å². The van der Waals surface area contributed by atoms with Gasteiger partial charge in [0.1, 0.15) is 11.4 Å². The summed E-state index contributed by atoms with van der Waals surface area (Å²) < 4.78 is 15.8. The first-order chi connectivity index (χ1) is 10.8. The lowest BCUT2D eigenvalue weighted by molar-refractivity contribution is 0.630. The second-order valence-corrected chi connectivity index (χ2v) is 10.2.